The Morgan fingerprint density at radius 3 is 3.16 bits per heavy atom. The first-order valence-corrected chi connectivity index (χ1v) is 6.26. The lowest BCUT2D eigenvalue weighted by molar-refractivity contribution is 0.0599. The number of pyridine rings is 1. The van der Waals surface area contributed by atoms with Gasteiger partial charge in [-0.05, 0) is 24.0 Å². The van der Waals surface area contributed by atoms with Crippen LogP contribution in [0.2, 0.25) is 0 Å². The van der Waals surface area contributed by atoms with E-state index in [0.29, 0.717) is 17.2 Å². The van der Waals surface area contributed by atoms with Crippen molar-refractivity contribution in [3.8, 4) is 0 Å². The van der Waals surface area contributed by atoms with Crippen LogP contribution >= 0.6 is 0 Å². The molecule has 0 unspecified atom stereocenters. The van der Waals surface area contributed by atoms with Crippen LogP contribution in [-0.4, -0.2) is 30.4 Å². The molecule has 0 bridgehead atoms. The summed E-state index contributed by atoms with van der Waals surface area (Å²) in [7, 11) is 1.34. The molecule has 4 rings (SSSR count). The van der Waals surface area contributed by atoms with Crippen molar-refractivity contribution in [3.63, 3.8) is 0 Å². The minimum atomic E-state index is -0.418. The van der Waals surface area contributed by atoms with Crippen molar-refractivity contribution in [3.05, 3.63) is 40.9 Å². The lowest BCUT2D eigenvalue weighted by atomic mass is 9.84. The first-order valence-electron chi connectivity index (χ1n) is 6.26. The Morgan fingerprint density at radius 1 is 1.58 bits per heavy atom. The highest BCUT2D eigenvalue weighted by Crippen LogP contribution is 2.63. The Kier molecular flexibility index (Phi) is 1.82. The number of ketones is 1. The molecule has 0 radical (unpaired) electrons. The summed E-state index contributed by atoms with van der Waals surface area (Å²) in [4.78, 5) is 27.8. The number of aromatic nitrogens is 1. The highest BCUT2D eigenvalue weighted by Gasteiger charge is 2.64. The molecule has 19 heavy (non-hydrogen) atoms. The molecule has 1 saturated heterocycles. The number of esters is 1. The summed E-state index contributed by atoms with van der Waals surface area (Å²) in [5, 5.41) is 3.28. The van der Waals surface area contributed by atoms with Crippen LogP contribution in [0, 0.1) is 5.92 Å². The van der Waals surface area contributed by atoms with Gasteiger partial charge >= 0.3 is 5.97 Å². The maximum absolute atomic E-state index is 12.0. The van der Waals surface area contributed by atoms with Crippen LogP contribution in [0.25, 0.3) is 0 Å². The second-order valence-electron chi connectivity index (χ2n) is 5.29. The molecule has 2 fully saturated rings. The molecule has 1 aliphatic heterocycles. The van der Waals surface area contributed by atoms with Gasteiger partial charge in [0.05, 0.1) is 12.7 Å². The van der Waals surface area contributed by atoms with Crippen LogP contribution in [0.5, 0.6) is 0 Å². The number of piperidine rings is 1. The molecule has 1 aromatic rings. The zero-order valence-electron chi connectivity index (χ0n) is 10.4. The minimum Gasteiger partial charge on any atom is -0.465 e. The fraction of sp³-hybridized carbons (Fsp3) is 0.357. The lowest BCUT2D eigenvalue weighted by Crippen LogP contribution is -2.26. The number of ether oxygens (including phenoxy) is 1. The fourth-order valence-corrected chi connectivity index (χ4v) is 3.38. The van der Waals surface area contributed by atoms with E-state index in [2.05, 4.69) is 10.3 Å². The number of hydrogen-bond donors (Lipinski definition) is 1. The van der Waals surface area contributed by atoms with Crippen molar-refractivity contribution < 1.29 is 14.3 Å². The highest BCUT2D eigenvalue weighted by molar-refractivity contribution is 6.07. The number of hydrogen-bond acceptors (Lipinski definition) is 5. The summed E-state index contributed by atoms with van der Waals surface area (Å²) >= 11 is 0. The van der Waals surface area contributed by atoms with Crippen LogP contribution < -0.4 is 5.32 Å². The van der Waals surface area contributed by atoms with E-state index in [-0.39, 0.29) is 11.2 Å². The highest BCUT2D eigenvalue weighted by atomic mass is 16.5. The summed E-state index contributed by atoms with van der Waals surface area (Å²) in [5.41, 5.74) is 2.65. The molecule has 5 heteroatoms. The van der Waals surface area contributed by atoms with Gasteiger partial charge in [0.2, 0.25) is 5.78 Å². The van der Waals surface area contributed by atoms with Crippen molar-refractivity contribution in [2.75, 3.05) is 13.7 Å². The van der Waals surface area contributed by atoms with E-state index in [4.69, 9.17) is 4.74 Å². The standard InChI is InChI=1S/C14H12N2O3/c1-19-13(18)7-2-9-12(16-5-7)10(17)3-11-14(9)4-8(14)6-15-11/h2-3,5,8,15H,4,6H2,1H3/t8-,14-/m1/s1. The van der Waals surface area contributed by atoms with Crippen molar-refractivity contribution >= 4 is 11.8 Å². The average molecular weight is 256 g/mol. The number of nitrogens with one attached hydrogen (secondary N) is 1. The molecule has 0 aromatic carbocycles. The van der Waals surface area contributed by atoms with E-state index in [1.807, 2.05) is 0 Å². The summed E-state index contributed by atoms with van der Waals surface area (Å²) < 4.78 is 4.72. The molecular formula is C14H12N2O3. The summed E-state index contributed by atoms with van der Waals surface area (Å²) in [6.45, 7) is 0.890. The van der Waals surface area contributed by atoms with Gasteiger partial charge in [0.25, 0.3) is 0 Å². The third-order valence-electron chi connectivity index (χ3n) is 4.42. The normalized spacial score (nSPS) is 29.6. The molecular weight excluding hydrogens is 244 g/mol. The van der Waals surface area contributed by atoms with Crippen molar-refractivity contribution in [2.24, 2.45) is 5.92 Å². The smallest absolute Gasteiger partial charge is 0.339 e. The fourth-order valence-electron chi connectivity index (χ4n) is 3.38. The number of rotatable bonds is 1. The first kappa shape index (κ1) is 10.7. The molecule has 3 aliphatic rings. The Balaban J connectivity index is 1.92. The van der Waals surface area contributed by atoms with Crippen LogP contribution in [0.4, 0.5) is 0 Å². The van der Waals surface area contributed by atoms with E-state index < -0.39 is 5.97 Å². The second kappa shape index (κ2) is 3.23. The number of fused-ring (bicyclic) bond motifs is 1. The van der Waals surface area contributed by atoms with Crippen LogP contribution in [0.3, 0.4) is 0 Å². The van der Waals surface area contributed by atoms with Crippen molar-refractivity contribution in [1.29, 1.82) is 0 Å². The average Bonchev–Trinajstić information content (AvgIpc) is 3.06. The molecule has 1 spiro atoms. The zero-order chi connectivity index (χ0) is 13.2. The molecule has 2 aliphatic carbocycles. The monoisotopic (exact) mass is 256 g/mol. The number of allylic oxidation sites excluding steroid dienone is 2. The van der Waals surface area contributed by atoms with Gasteiger partial charge in [0.15, 0.2) is 0 Å². The topological polar surface area (TPSA) is 68.3 Å². The number of carbonyl (C=O) groups excluding carboxylic acids is 2. The van der Waals surface area contributed by atoms with Gasteiger partial charge in [-0.3, -0.25) is 9.78 Å². The van der Waals surface area contributed by atoms with Crippen LogP contribution in [0.1, 0.15) is 32.8 Å². The molecule has 96 valence electrons. The summed E-state index contributed by atoms with van der Waals surface area (Å²) in [6.07, 6.45) is 4.09. The number of nitrogens with zero attached hydrogens (tertiary/aromatic N) is 1. The van der Waals surface area contributed by atoms with Gasteiger partial charge in [0, 0.05) is 29.9 Å². The zero-order valence-corrected chi connectivity index (χ0v) is 10.4. The quantitative estimate of drug-likeness (QED) is 0.753. The Morgan fingerprint density at radius 2 is 2.42 bits per heavy atom. The number of carbonyl (C=O) groups is 2. The largest absolute Gasteiger partial charge is 0.465 e. The Bertz CT molecular complexity index is 665. The summed E-state index contributed by atoms with van der Waals surface area (Å²) in [5.74, 6) is 0.00537. The van der Waals surface area contributed by atoms with E-state index in [1.54, 1.807) is 12.1 Å². The van der Waals surface area contributed by atoms with Gasteiger partial charge < -0.3 is 10.1 Å². The SMILES string of the molecule is COC(=O)c1cnc2c(c1)[C@@]13C[C@@H]1CNC3=CC2=O. The van der Waals surface area contributed by atoms with Gasteiger partial charge in [-0.1, -0.05) is 0 Å². The summed E-state index contributed by atoms with van der Waals surface area (Å²) in [6, 6.07) is 1.77. The minimum absolute atomic E-state index is 0.0907. The molecule has 0 amide bonds. The Labute approximate surface area is 109 Å². The van der Waals surface area contributed by atoms with E-state index in [1.165, 1.54) is 13.3 Å². The third kappa shape index (κ3) is 1.17. The predicted octanol–water partition coefficient (Wildman–Crippen LogP) is 0.809. The molecule has 5 nitrogen and oxygen atoms in total. The van der Waals surface area contributed by atoms with E-state index >= 15 is 0 Å². The lowest BCUT2D eigenvalue weighted by Gasteiger charge is -2.23. The van der Waals surface area contributed by atoms with Gasteiger partial charge in [-0.25, -0.2) is 4.79 Å². The van der Waals surface area contributed by atoms with Crippen LogP contribution in [-0.2, 0) is 10.2 Å². The Hall–Kier alpha value is -2.17. The van der Waals surface area contributed by atoms with Gasteiger partial charge in [-0.2, -0.15) is 0 Å². The molecule has 1 aromatic heterocycles. The molecule has 1 N–H and O–H groups in total. The molecule has 2 atom stereocenters. The van der Waals surface area contributed by atoms with Gasteiger partial charge in [0.1, 0.15) is 5.69 Å². The first-order chi connectivity index (χ1) is 9.16. The maximum atomic E-state index is 12.0. The molecule has 1 saturated carbocycles. The van der Waals surface area contributed by atoms with Gasteiger partial charge in [-0.15, -0.1) is 0 Å². The van der Waals surface area contributed by atoms with Crippen molar-refractivity contribution in [2.45, 2.75) is 11.8 Å². The maximum Gasteiger partial charge on any atom is 0.339 e. The van der Waals surface area contributed by atoms with Crippen LogP contribution in [0.15, 0.2) is 24.0 Å². The number of methoxy groups -OCH3 is 1. The van der Waals surface area contributed by atoms with Crippen molar-refractivity contribution in [1.82, 2.24) is 10.3 Å². The predicted molar refractivity (Wildman–Crippen MR) is 65.8 cm³/mol. The molecule has 2 heterocycles. The van der Waals surface area contributed by atoms with E-state index in [9.17, 15) is 9.59 Å². The second-order valence-corrected chi connectivity index (χ2v) is 5.29. The van der Waals surface area contributed by atoms with E-state index in [0.717, 1.165) is 24.2 Å². The third-order valence-corrected chi connectivity index (χ3v) is 4.42.